The van der Waals surface area contributed by atoms with Crippen LogP contribution >= 0.6 is 23.2 Å². The number of halogens is 2. The predicted molar refractivity (Wildman–Crippen MR) is 70.9 cm³/mol. The van der Waals surface area contributed by atoms with Crippen molar-refractivity contribution in [3.05, 3.63) is 33.8 Å². The fourth-order valence-corrected chi connectivity index (χ4v) is 2.44. The molecule has 0 aliphatic carbocycles. The van der Waals surface area contributed by atoms with Gasteiger partial charge in [0, 0.05) is 19.6 Å². The van der Waals surface area contributed by atoms with Crippen LogP contribution in [0.25, 0.3) is 0 Å². The minimum absolute atomic E-state index is 0.350. The van der Waals surface area contributed by atoms with E-state index in [9.17, 15) is 4.79 Å². The molecule has 1 aromatic carbocycles. The summed E-state index contributed by atoms with van der Waals surface area (Å²) in [6.45, 7) is 1.65. The van der Waals surface area contributed by atoms with Crippen molar-refractivity contribution in [2.24, 2.45) is 5.73 Å². The molecule has 1 saturated heterocycles. The highest BCUT2D eigenvalue weighted by Gasteiger charge is 2.40. The number of rotatable bonds is 3. The van der Waals surface area contributed by atoms with Crippen molar-refractivity contribution < 1.29 is 9.90 Å². The average molecular weight is 289 g/mol. The molecule has 1 aromatic rings. The number of aliphatic carboxylic acids is 1. The highest BCUT2D eigenvalue weighted by molar-refractivity contribution is 6.42. The second-order valence-electron chi connectivity index (χ2n) is 4.67. The normalized spacial score (nSPS) is 24.4. The van der Waals surface area contributed by atoms with Gasteiger partial charge in [0.1, 0.15) is 5.54 Å². The Bertz CT molecular complexity index is 481. The molecule has 1 heterocycles. The van der Waals surface area contributed by atoms with E-state index in [-0.39, 0.29) is 0 Å². The topological polar surface area (TPSA) is 66.6 Å². The number of carbonyl (C=O) groups is 1. The molecule has 98 valence electrons. The molecule has 4 nitrogen and oxygen atoms in total. The number of nitrogens with two attached hydrogens (primary N) is 1. The van der Waals surface area contributed by atoms with Crippen molar-refractivity contribution >= 4 is 29.2 Å². The van der Waals surface area contributed by atoms with Crippen molar-refractivity contribution in [3.8, 4) is 0 Å². The number of benzene rings is 1. The van der Waals surface area contributed by atoms with Crippen LogP contribution in [-0.2, 0) is 11.3 Å². The highest BCUT2D eigenvalue weighted by atomic mass is 35.5. The molecule has 0 saturated carbocycles. The molecule has 18 heavy (non-hydrogen) atoms. The van der Waals surface area contributed by atoms with Crippen LogP contribution in [0.3, 0.4) is 0 Å². The second kappa shape index (κ2) is 5.05. The van der Waals surface area contributed by atoms with E-state index in [1.165, 1.54) is 0 Å². The van der Waals surface area contributed by atoms with Crippen LogP contribution in [-0.4, -0.2) is 34.6 Å². The first kappa shape index (κ1) is 13.6. The van der Waals surface area contributed by atoms with Gasteiger partial charge in [-0.25, -0.2) is 0 Å². The SMILES string of the molecule is NC1(C(=O)O)CCN(Cc2ccc(Cl)c(Cl)c2)C1. The van der Waals surface area contributed by atoms with Gasteiger partial charge in [0.2, 0.25) is 0 Å². The van der Waals surface area contributed by atoms with Crippen LogP contribution in [0.4, 0.5) is 0 Å². The summed E-state index contributed by atoms with van der Waals surface area (Å²) in [4.78, 5) is 13.0. The van der Waals surface area contributed by atoms with Gasteiger partial charge in [0.25, 0.3) is 0 Å². The first-order chi connectivity index (χ1) is 8.40. The molecule has 2 rings (SSSR count). The quantitative estimate of drug-likeness (QED) is 0.893. The van der Waals surface area contributed by atoms with Gasteiger partial charge in [-0.2, -0.15) is 0 Å². The summed E-state index contributed by atoms with van der Waals surface area (Å²) in [6, 6.07) is 5.41. The Morgan fingerprint density at radius 3 is 2.72 bits per heavy atom. The monoisotopic (exact) mass is 288 g/mol. The van der Waals surface area contributed by atoms with E-state index in [1.807, 2.05) is 11.0 Å². The first-order valence-corrected chi connectivity index (χ1v) is 6.35. The van der Waals surface area contributed by atoms with Crippen molar-refractivity contribution in [3.63, 3.8) is 0 Å². The van der Waals surface area contributed by atoms with Gasteiger partial charge in [-0.05, 0) is 24.1 Å². The summed E-state index contributed by atoms with van der Waals surface area (Å²) in [5.41, 5.74) is 5.68. The third-order valence-electron chi connectivity index (χ3n) is 3.20. The number of hydrogen-bond acceptors (Lipinski definition) is 3. The highest BCUT2D eigenvalue weighted by Crippen LogP contribution is 2.25. The molecule has 1 aliphatic heterocycles. The molecule has 6 heteroatoms. The van der Waals surface area contributed by atoms with Gasteiger partial charge in [0.15, 0.2) is 0 Å². The van der Waals surface area contributed by atoms with E-state index in [0.29, 0.717) is 36.1 Å². The number of carboxylic acids is 1. The minimum atomic E-state index is -1.13. The summed E-state index contributed by atoms with van der Waals surface area (Å²) in [6.07, 6.45) is 0.462. The summed E-state index contributed by atoms with van der Waals surface area (Å²) >= 11 is 11.8. The molecule has 3 N–H and O–H groups in total. The molecule has 1 atom stereocenters. The van der Waals surface area contributed by atoms with Gasteiger partial charge in [-0.1, -0.05) is 29.3 Å². The van der Waals surface area contributed by atoms with Gasteiger partial charge in [0.05, 0.1) is 10.0 Å². The van der Waals surface area contributed by atoms with Crippen molar-refractivity contribution in [2.45, 2.75) is 18.5 Å². The van der Waals surface area contributed by atoms with E-state index in [1.54, 1.807) is 12.1 Å². The molecule has 0 bridgehead atoms. The van der Waals surface area contributed by atoms with Gasteiger partial charge in [-0.15, -0.1) is 0 Å². The van der Waals surface area contributed by atoms with Gasteiger partial charge >= 0.3 is 5.97 Å². The maximum atomic E-state index is 11.0. The smallest absolute Gasteiger partial charge is 0.325 e. The Hall–Kier alpha value is -0.810. The second-order valence-corrected chi connectivity index (χ2v) is 5.48. The average Bonchev–Trinajstić information content (AvgIpc) is 2.67. The minimum Gasteiger partial charge on any atom is -0.480 e. The standard InChI is InChI=1S/C12H14Cl2N2O2/c13-9-2-1-8(5-10(9)14)6-16-4-3-12(15,7-16)11(17)18/h1-2,5H,3-4,6-7,15H2,(H,17,18). The fraction of sp³-hybridized carbons (Fsp3) is 0.417. The zero-order valence-corrected chi connectivity index (χ0v) is 11.2. The summed E-state index contributed by atoms with van der Waals surface area (Å²) in [5.74, 6) is -0.945. The summed E-state index contributed by atoms with van der Waals surface area (Å²) < 4.78 is 0. The Kier molecular flexibility index (Phi) is 3.82. The molecule has 0 amide bonds. The van der Waals surface area contributed by atoms with Crippen molar-refractivity contribution in [1.29, 1.82) is 0 Å². The van der Waals surface area contributed by atoms with E-state index < -0.39 is 11.5 Å². The lowest BCUT2D eigenvalue weighted by Gasteiger charge is -2.20. The van der Waals surface area contributed by atoms with Gasteiger partial charge < -0.3 is 10.8 Å². The lowest BCUT2D eigenvalue weighted by atomic mass is 10.0. The van der Waals surface area contributed by atoms with Gasteiger partial charge in [-0.3, -0.25) is 9.69 Å². The summed E-state index contributed by atoms with van der Waals surface area (Å²) in [7, 11) is 0. The number of nitrogens with zero attached hydrogens (tertiary/aromatic N) is 1. The molecule has 0 aromatic heterocycles. The maximum Gasteiger partial charge on any atom is 0.325 e. The molecular weight excluding hydrogens is 275 g/mol. The lowest BCUT2D eigenvalue weighted by Crippen LogP contribution is -2.50. The molecule has 0 radical (unpaired) electrons. The zero-order valence-electron chi connectivity index (χ0n) is 9.70. The van der Waals surface area contributed by atoms with Crippen LogP contribution in [0.5, 0.6) is 0 Å². The first-order valence-electron chi connectivity index (χ1n) is 5.59. The van der Waals surface area contributed by atoms with E-state index in [0.717, 1.165) is 5.56 Å². The van der Waals surface area contributed by atoms with E-state index in [4.69, 9.17) is 34.0 Å². The zero-order chi connectivity index (χ0) is 13.3. The van der Waals surface area contributed by atoms with Crippen LogP contribution in [0, 0.1) is 0 Å². The summed E-state index contributed by atoms with van der Waals surface area (Å²) in [5, 5.41) is 10.1. The van der Waals surface area contributed by atoms with Crippen LogP contribution in [0.2, 0.25) is 10.0 Å². The van der Waals surface area contributed by atoms with Crippen molar-refractivity contribution in [1.82, 2.24) is 4.90 Å². The largest absolute Gasteiger partial charge is 0.480 e. The Labute approximate surface area is 115 Å². The van der Waals surface area contributed by atoms with E-state index in [2.05, 4.69) is 0 Å². The predicted octanol–water partition coefficient (Wildman–Crippen LogP) is 1.98. The lowest BCUT2D eigenvalue weighted by molar-refractivity contribution is -0.142. The van der Waals surface area contributed by atoms with Crippen LogP contribution in [0.15, 0.2) is 18.2 Å². The number of likely N-dealkylation sites (tertiary alicyclic amines) is 1. The van der Waals surface area contributed by atoms with Crippen molar-refractivity contribution in [2.75, 3.05) is 13.1 Å². The Morgan fingerprint density at radius 1 is 1.44 bits per heavy atom. The molecular formula is C12H14Cl2N2O2. The van der Waals surface area contributed by atoms with Crippen LogP contribution < -0.4 is 5.73 Å². The number of carboxylic acid groups (broad SMARTS) is 1. The Balaban J connectivity index is 2.03. The number of hydrogen-bond donors (Lipinski definition) is 2. The third kappa shape index (κ3) is 2.78. The third-order valence-corrected chi connectivity index (χ3v) is 3.94. The van der Waals surface area contributed by atoms with E-state index >= 15 is 0 Å². The maximum absolute atomic E-state index is 11.0. The molecule has 0 spiro atoms. The molecule has 1 aliphatic rings. The van der Waals surface area contributed by atoms with Crippen LogP contribution in [0.1, 0.15) is 12.0 Å². The molecule has 1 unspecified atom stereocenters. The molecule has 1 fully saturated rings. The Morgan fingerprint density at radius 2 is 2.17 bits per heavy atom. The fourth-order valence-electron chi connectivity index (χ4n) is 2.12.